The third kappa shape index (κ3) is 1.41. The Hall–Kier alpha value is -0.340. The van der Waals surface area contributed by atoms with Crippen LogP contribution in [0.3, 0.4) is 0 Å². The maximum atomic E-state index is 3.48. The Balaban J connectivity index is 2.46. The van der Waals surface area contributed by atoms with E-state index in [1.165, 1.54) is 15.6 Å². The lowest BCUT2D eigenvalue weighted by Gasteiger charge is -2.23. The van der Waals surface area contributed by atoms with E-state index in [9.17, 15) is 0 Å². The van der Waals surface area contributed by atoms with Crippen LogP contribution < -0.4 is 5.32 Å². The molecule has 0 saturated heterocycles. The van der Waals surface area contributed by atoms with Crippen LogP contribution in [0.4, 0.5) is 0 Å². The Bertz CT molecular complexity index is 296. The van der Waals surface area contributed by atoms with Gasteiger partial charge in [0.2, 0.25) is 0 Å². The molecular weight excluding hydrogens is 214 g/mol. The highest BCUT2D eigenvalue weighted by Gasteiger charge is 2.14. The molecule has 1 nitrogen and oxygen atoms in total. The molecule has 1 unspecified atom stereocenters. The summed E-state index contributed by atoms with van der Waals surface area (Å²) in [6.07, 6.45) is 0. The van der Waals surface area contributed by atoms with E-state index in [1.54, 1.807) is 0 Å². The van der Waals surface area contributed by atoms with Gasteiger partial charge in [0.1, 0.15) is 0 Å². The van der Waals surface area contributed by atoms with Crippen molar-refractivity contribution in [1.29, 1.82) is 0 Å². The minimum atomic E-state index is 0.654. The van der Waals surface area contributed by atoms with Gasteiger partial charge in [-0.1, -0.05) is 28.9 Å². The molecule has 0 amide bonds. The molecule has 0 aliphatic carbocycles. The monoisotopic (exact) mass is 225 g/mol. The highest BCUT2D eigenvalue weighted by Crippen LogP contribution is 2.25. The third-order valence-electron chi connectivity index (χ3n) is 2.40. The van der Waals surface area contributed by atoms with Crippen LogP contribution in [0.25, 0.3) is 0 Å². The van der Waals surface area contributed by atoms with Gasteiger partial charge < -0.3 is 5.32 Å². The lowest BCUT2D eigenvalue weighted by molar-refractivity contribution is 0.571. The molecule has 1 aliphatic rings. The van der Waals surface area contributed by atoms with Gasteiger partial charge in [-0.3, -0.25) is 0 Å². The summed E-state index contributed by atoms with van der Waals surface area (Å²) in [5.74, 6) is 0.654. The van der Waals surface area contributed by atoms with E-state index in [2.05, 4.69) is 46.4 Å². The first-order valence-electron chi connectivity index (χ1n) is 4.26. The van der Waals surface area contributed by atoms with Crippen molar-refractivity contribution in [3.8, 4) is 0 Å². The zero-order valence-corrected chi connectivity index (χ0v) is 8.69. The first-order valence-corrected chi connectivity index (χ1v) is 5.05. The second-order valence-electron chi connectivity index (χ2n) is 3.38. The number of hydrogen-bond acceptors (Lipinski definition) is 1. The predicted octanol–water partition coefficient (Wildman–Crippen LogP) is 2.66. The van der Waals surface area contributed by atoms with Gasteiger partial charge >= 0.3 is 0 Å². The molecular formula is C10H12BrN. The largest absolute Gasteiger partial charge is 0.312 e. The molecule has 0 saturated carbocycles. The van der Waals surface area contributed by atoms with Gasteiger partial charge in [0, 0.05) is 17.6 Å². The summed E-state index contributed by atoms with van der Waals surface area (Å²) in [5.41, 5.74) is 2.93. The van der Waals surface area contributed by atoms with Crippen molar-refractivity contribution in [2.75, 3.05) is 6.54 Å². The van der Waals surface area contributed by atoms with Crippen LogP contribution in [0, 0.1) is 0 Å². The summed E-state index contributed by atoms with van der Waals surface area (Å²) in [4.78, 5) is 0. The van der Waals surface area contributed by atoms with Gasteiger partial charge in [-0.25, -0.2) is 0 Å². The summed E-state index contributed by atoms with van der Waals surface area (Å²) in [5, 5.41) is 3.40. The van der Waals surface area contributed by atoms with Gasteiger partial charge in [-0.2, -0.15) is 0 Å². The van der Waals surface area contributed by atoms with E-state index >= 15 is 0 Å². The summed E-state index contributed by atoms with van der Waals surface area (Å²) in [6.45, 7) is 4.38. The molecule has 64 valence electrons. The molecule has 2 rings (SSSR count). The second kappa shape index (κ2) is 3.19. The van der Waals surface area contributed by atoms with Crippen LogP contribution in [0.15, 0.2) is 22.7 Å². The number of halogens is 1. The summed E-state index contributed by atoms with van der Waals surface area (Å²) in [7, 11) is 0. The number of rotatable bonds is 0. The molecule has 0 aromatic heterocycles. The first-order chi connectivity index (χ1) is 5.77. The van der Waals surface area contributed by atoms with Gasteiger partial charge in [0.25, 0.3) is 0 Å². The summed E-state index contributed by atoms with van der Waals surface area (Å²) >= 11 is 3.48. The average molecular weight is 226 g/mol. The van der Waals surface area contributed by atoms with E-state index in [4.69, 9.17) is 0 Å². The normalized spacial score (nSPS) is 22.0. The zero-order chi connectivity index (χ0) is 8.55. The minimum Gasteiger partial charge on any atom is -0.312 e. The Kier molecular flexibility index (Phi) is 2.20. The van der Waals surface area contributed by atoms with E-state index in [0.717, 1.165) is 13.1 Å². The van der Waals surface area contributed by atoms with Crippen molar-refractivity contribution in [2.45, 2.75) is 19.4 Å². The van der Waals surface area contributed by atoms with Crippen LogP contribution >= 0.6 is 15.9 Å². The Morgan fingerprint density at radius 2 is 2.33 bits per heavy atom. The van der Waals surface area contributed by atoms with Crippen LogP contribution in [-0.2, 0) is 6.54 Å². The Morgan fingerprint density at radius 3 is 3.17 bits per heavy atom. The van der Waals surface area contributed by atoms with Crippen molar-refractivity contribution >= 4 is 15.9 Å². The summed E-state index contributed by atoms with van der Waals surface area (Å²) < 4.78 is 1.18. The van der Waals surface area contributed by atoms with Crippen LogP contribution in [0.5, 0.6) is 0 Å². The fourth-order valence-corrected chi connectivity index (χ4v) is 2.15. The highest BCUT2D eigenvalue weighted by molar-refractivity contribution is 9.10. The topological polar surface area (TPSA) is 12.0 Å². The maximum Gasteiger partial charge on any atom is 0.0208 e. The lowest BCUT2D eigenvalue weighted by atomic mass is 9.93. The standard InChI is InChI=1S/C10H12BrN/c1-7-5-12-6-8-4-9(11)2-3-10(7)8/h2-4,7,12H,5-6H2,1H3. The van der Waals surface area contributed by atoms with Crippen molar-refractivity contribution in [3.05, 3.63) is 33.8 Å². The third-order valence-corrected chi connectivity index (χ3v) is 2.90. The smallest absolute Gasteiger partial charge is 0.0208 e. The number of nitrogens with one attached hydrogen (secondary N) is 1. The van der Waals surface area contributed by atoms with E-state index < -0.39 is 0 Å². The molecule has 0 radical (unpaired) electrons. The Morgan fingerprint density at radius 1 is 1.50 bits per heavy atom. The second-order valence-corrected chi connectivity index (χ2v) is 4.29. The van der Waals surface area contributed by atoms with Gasteiger partial charge in [0.05, 0.1) is 0 Å². The van der Waals surface area contributed by atoms with Gasteiger partial charge in [-0.05, 0) is 29.2 Å². The number of hydrogen-bond donors (Lipinski definition) is 1. The Labute approximate surface area is 81.3 Å². The molecule has 0 bridgehead atoms. The first kappa shape index (κ1) is 8.27. The van der Waals surface area contributed by atoms with Crippen molar-refractivity contribution in [3.63, 3.8) is 0 Å². The number of benzene rings is 1. The molecule has 1 heterocycles. The van der Waals surface area contributed by atoms with Crippen LogP contribution in [0.1, 0.15) is 24.0 Å². The number of fused-ring (bicyclic) bond motifs is 1. The fourth-order valence-electron chi connectivity index (χ4n) is 1.74. The van der Waals surface area contributed by atoms with Crippen molar-refractivity contribution < 1.29 is 0 Å². The van der Waals surface area contributed by atoms with Crippen molar-refractivity contribution in [2.24, 2.45) is 0 Å². The van der Waals surface area contributed by atoms with E-state index in [-0.39, 0.29) is 0 Å². The molecule has 12 heavy (non-hydrogen) atoms. The fraction of sp³-hybridized carbons (Fsp3) is 0.400. The zero-order valence-electron chi connectivity index (χ0n) is 7.10. The molecule has 1 aliphatic heterocycles. The minimum absolute atomic E-state index is 0.654. The summed E-state index contributed by atoms with van der Waals surface area (Å²) in [6, 6.07) is 6.56. The molecule has 1 aromatic rings. The molecule has 2 heteroatoms. The van der Waals surface area contributed by atoms with Gasteiger partial charge in [0.15, 0.2) is 0 Å². The molecule has 0 fully saturated rings. The SMILES string of the molecule is CC1CNCc2cc(Br)ccc21. The molecule has 1 aromatic carbocycles. The molecule has 1 N–H and O–H groups in total. The average Bonchev–Trinajstić information content (AvgIpc) is 2.04. The highest BCUT2D eigenvalue weighted by atomic mass is 79.9. The van der Waals surface area contributed by atoms with E-state index in [0.29, 0.717) is 5.92 Å². The van der Waals surface area contributed by atoms with Crippen LogP contribution in [0.2, 0.25) is 0 Å². The molecule has 1 atom stereocenters. The quantitative estimate of drug-likeness (QED) is 0.717. The van der Waals surface area contributed by atoms with E-state index in [1.807, 2.05) is 0 Å². The van der Waals surface area contributed by atoms with Gasteiger partial charge in [-0.15, -0.1) is 0 Å². The maximum absolute atomic E-state index is 3.48. The van der Waals surface area contributed by atoms with Crippen LogP contribution in [-0.4, -0.2) is 6.54 Å². The lowest BCUT2D eigenvalue weighted by Crippen LogP contribution is -2.26. The predicted molar refractivity (Wildman–Crippen MR) is 54.3 cm³/mol. The van der Waals surface area contributed by atoms with Crippen molar-refractivity contribution in [1.82, 2.24) is 5.32 Å². The molecule has 0 spiro atoms.